The molecule has 2 aliphatic heterocycles. The highest BCUT2D eigenvalue weighted by atomic mass is 19.1. The molecule has 2 unspecified atom stereocenters. The van der Waals surface area contributed by atoms with Crippen molar-refractivity contribution in [3.8, 4) is 11.5 Å². The first-order valence-corrected chi connectivity index (χ1v) is 8.86. The Hall–Kier alpha value is -3.34. The number of hydrogen-bond acceptors (Lipinski definition) is 4. The highest BCUT2D eigenvalue weighted by Crippen LogP contribution is 2.47. The maximum atomic E-state index is 13.4. The van der Waals surface area contributed by atoms with Crippen molar-refractivity contribution < 1.29 is 14.2 Å². The molecule has 3 aromatic carbocycles. The van der Waals surface area contributed by atoms with Crippen LogP contribution in [0.3, 0.4) is 0 Å². The van der Waals surface area contributed by atoms with Gasteiger partial charge >= 0.3 is 0 Å². The molecule has 2 heterocycles. The summed E-state index contributed by atoms with van der Waals surface area (Å²) in [5.74, 6) is 0.733. The van der Waals surface area contributed by atoms with Crippen LogP contribution >= 0.6 is 0 Å². The van der Waals surface area contributed by atoms with Gasteiger partial charge in [-0.05, 0) is 30.3 Å². The lowest BCUT2D eigenvalue weighted by atomic mass is 9.95. The lowest BCUT2D eigenvalue weighted by Crippen LogP contribution is -2.33. The summed E-state index contributed by atoms with van der Waals surface area (Å²) in [5.41, 5.74) is 3.43. The Bertz CT molecular complexity index is 1030. The zero-order chi connectivity index (χ0) is 18.4. The maximum absolute atomic E-state index is 13.4. The average molecular weight is 360 g/mol. The smallest absolute Gasteiger partial charge is 0.213 e. The largest absolute Gasteiger partial charge is 0.507 e. The van der Waals surface area contributed by atoms with Crippen molar-refractivity contribution >= 4 is 5.71 Å². The molecule has 0 radical (unpaired) electrons. The van der Waals surface area contributed by atoms with Gasteiger partial charge in [-0.2, -0.15) is 5.10 Å². The number of rotatable bonds is 2. The zero-order valence-corrected chi connectivity index (χ0v) is 14.4. The van der Waals surface area contributed by atoms with Gasteiger partial charge in [0.05, 0.1) is 11.8 Å². The van der Waals surface area contributed by atoms with Gasteiger partial charge in [-0.15, -0.1) is 0 Å². The number of ether oxygens (including phenoxy) is 1. The van der Waals surface area contributed by atoms with Gasteiger partial charge < -0.3 is 9.84 Å². The van der Waals surface area contributed by atoms with Crippen molar-refractivity contribution in [2.24, 2.45) is 5.10 Å². The molecule has 2 aliphatic rings. The summed E-state index contributed by atoms with van der Waals surface area (Å²) < 4.78 is 19.6. The predicted octanol–water partition coefficient (Wildman–Crippen LogP) is 4.77. The van der Waals surface area contributed by atoms with E-state index in [4.69, 9.17) is 9.84 Å². The van der Waals surface area contributed by atoms with Crippen LogP contribution in [0.25, 0.3) is 0 Å². The summed E-state index contributed by atoms with van der Waals surface area (Å²) in [7, 11) is 0. The molecule has 5 heteroatoms. The first kappa shape index (κ1) is 15.9. The number of aromatic hydroxyl groups is 1. The molecule has 0 amide bonds. The minimum absolute atomic E-state index is 0.000362. The Labute approximate surface area is 156 Å². The van der Waals surface area contributed by atoms with Gasteiger partial charge in [-0.25, -0.2) is 9.40 Å². The number of hydrogen-bond donors (Lipinski definition) is 1. The van der Waals surface area contributed by atoms with Crippen molar-refractivity contribution in [2.45, 2.75) is 18.7 Å². The molecule has 0 fully saturated rings. The lowest BCUT2D eigenvalue weighted by molar-refractivity contribution is -0.0190. The van der Waals surface area contributed by atoms with Gasteiger partial charge in [0.25, 0.3) is 0 Å². The van der Waals surface area contributed by atoms with E-state index in [-0.39, 0.29) is 17.6 Å². The van der Waals surface area contributed by atoms with Gasteiger partial charge in [0.1, 0.15) is 17.3 Å². The molecule has 2 atom stereocenters. The van der Waals surface area contributed by atoms with E-state index in [2.05, 4.69) is 0 Å². The molecule has 0 saturated carbocycles. The quantitative estimate of drug-likeness (QED) is 0.716. The number of fused-ring (bicyclic) bond motifs is 3. The molecule has 0 spiro atoms. The molecule has 3 aromatic rings. The van der Waals surface area contributed by atoms with E-state index in [0.717, 1.165) is 28.2 Å². The third-order valence-corrected chi connectivity index (χ3v) is 5.07. The summed E-state index contributed by atoms with van der Waals surface area (Å²) in [6, 6.07) is 21.4. The SMILES string of the molecule is Oc1ccccc1C1=NN2C(C1)c1ccccc1OC2c1ccc(F)cc1. The van der Waals surface area contributed by atoms with Crippen LogP contribution in [0.4, 0.5) is 4.39 Å². The minimum atomic E-state index is -0.450. The molecule has 0 aromatic heterocycles. The van der Waals surface area contributed by atoms with E-state index in [0.29, 0.717) is 6.42 Å². The van der Waals surface area contributed by atoms with E-state index >= 15 is 0 Å². The molecule has 0 aliphatic carbocycles. The summed E-state index contributed by atoms with van der Waals surface area (Å²) in [5, 5.41) is 16.9. The Morgan fingerprint density at radius 2 is 1.70 bits per heavy atom. The number of hydrazone groups is 1. The van der Waals surface area contributed by atoms with Gasteiger partial charge in [0.15, 0.2) is 0 Å². The normalized spacial score (nSPS) is 20.5. The van der Waals surface area contributed by atoms with Crippen LogP contribution in [-0.2, 0) is 0 Å². The Kier molecular flexibility index (Phi) is 3.60. The first-order chi connectivity index (χ1) is 13.2. The number of halogens is 1. The van der Waals surface area contributed by atoms with Crippen molar-refractivity contribution in [3.05, 3.63) is 95.3 Å². The van der Waals surface area contributed by atoms with Crippen molar-refractivity contribution in [1.82, 2.24) is 5.01 Å². The third kappa shape index (κ3) is 2.63. The van der Waals surface area contributed by atoms with Crippen LogP contribution in [-0.4, -0.2) is 15.8 Å². The van der Waals surface area contributed by atoms with E-state index in [9.17, 15) is 9.50 Å². The molecule has 134 valence electrons. The zero-order valence-electron chi connectivity index (χ0n) is 14.4. The number of phenols is 1. The summed E-state index contributed by atoms with van der Waals surface area (Å²) in [6.07, 6.45) is 0.212. The van der Waals surface area contributed by atoms with Crippen molar-refractivity contribution in [1.29, 1.82) is 0 Å². The molecule has 1 N–H and O–H groups in total. The fourth-order valence-electron chi connectivity index (χ4n) is 3.76. The standard InChI is InChI=1S/C22H17FN2O2/c23-15-11-9-14(10-12-15)22-25-19(17-6-2-4-8-21(17)27-22)13-18(24-25)16-5-1-3-7-20(16)26/h1-12,19,22,26H,13H2. The van der Waals surface area contributed by atoms with E-state index < -0.39 is 6.23 Å². The van der Waals surface area contributed by atoms with E-state index in [1.807, 2.05) is 41.4 Å². The Morgan fingerprint density at radius 3 is 2.52 bits per heavy atom. The monoisotopic (exact) mass is 360 g/mol. The maximum Gasteiger partial charge on any atom is 0.213 e. The van der Waals surface area contributed by atoms with Crippen molar-refractivity contribution in [2.75, 3.05) is 0 Å². The molecular formula is C22H17FN2O2. The molecule has 27 heavy (non-hydrogen) atoms. The van der Waals surface area contributed by atoms with E-state index in [1.165, 1.54) is 12.1 Å². The summed E-state index contributed by atoms with van der Waals surface area (Å²) >= 11 is 0. The van der Waals surface area contributed by atoms with Gasteiger partial charge in [0, 0.05) is 23.1 Å². The number of phenolic OH excluding ortho intramolecular Hbond substituents is 1. The number of para-hydroxylation sites is 2. The Morgan fingerprint density at radius 1 is 0.963 bits per heavy atom. The van der Waals surface area contributed by atoms with Gasteiger partial charge in [0.2, 0.25) is 6.23 Å². The number of nitrogens with zero attached hydrogens (tertiary/aromatic N) is 2. The fourth-order valence-corrected chi connectivity index (χ4v) is 3.76. The first-order valence-electron chi connectivity index (χ1n) is 8.86. The minimum Gasteiger partial charge on any atom is -0.507 e. The van der Waals surface area contributed by atoms with Crippen LogP contribution in [0.1, 0.15) is 35.4 Å². The fraction of sp³-hybridized carbons (Fsp3) is 0.136. The predicted molar refractivity (Wildman–Crippen MR) is 100 cm³/mol. The number of benzene rings is 3. The lowest BCUT2D eigenvalue weighted by Gasteiger charge is -2.38. The van der Waals surface area contributed by atoms with Crippen LogP contribution in [0.2, 0.25) is 0 Å². The van der Waals surface area contributed by atoms with Gasteiger partial charge in [-0.1, -0.05) is 42.5 Å². The van der Waals surface area contributed by atoms with E-state index in [1.54, 1.807) is 24.3 Å². The highest BCUT2D eigenvalue weighted by Gasteiger charge is 2.41. The second-order valence-electron chi connectivity index (χ2n) is 6.72. The molecule has 5 rings (SSSR count). The molecular weight excluding hydrogens is 343 g/mol. The summed E-state index contributed by atoms with van der Waals surface area (Å²) in [4.78, 5) is 0. The molecule has 0 saturated heterocycles. The van der Waals surface area contributed by atoms with Crippen LogP contribution in [0, 0.1) is 5.82 Å². The second kappa shape index (κ2) is 6.13. The topological polar surface area (TPSA) is 45.1 Å². The van der Waals surface area contributed by atoms with Crippen LogP contribution in [0.15, 0.2) is 77.9 Å². The Balaban J connectivity index is 1.61. The average Bonchev–Trinajstić information content (AvgIpc) is 3.14. The highest BCUT2D eigenvalue weighted by molar-refractivity contribution is 6.04. The molecule has 0 bridgehead atoms. The van der Waals surface area contributed by atoms with Crippen molar-refractivity contribution in [3.63, 3.8) is 0 Å². The van der Waals surface area contributed by atoms with Crippen LogP contribution in [0.5, 0.6) is 11.5 Å². The molecule has 4 nitrogen and oxygen atoms in total. The third-order valence-electron chi connectivity index (χ3n) is 5.07. The van der Waals surface area contributed by atoms with Gasteiger partial charge in [-0.3, -0.25) is 0 Å². The van der Waals surface area contributed by atoms with Crippen LogP contribution < -0.4 is 4.74 Å². The summed E-state index contributed by atoms with van der Waals surface area (Å²) in [6.45, 7) is 0. The second-order valence-corrected chi connectivity index (χ2v) is 6.72.